The normalized spacial score (nSPS) is 12.5. The van der Waals surface area contributed by atoms with E-state index in [4.69, 9.17) is 0 Å². The van der Waals surface area contributed by atoms with Crippen LogP contribution in [0.4, 0.5) is 0 Å². The van der Waals surface area contributed by atoms with Crippen LogP contribution in [0.2, 0.25) is 0 Å². The van der Waals surface area contributed by atoms with Gasteiger partial charge in [0.1, 0.15) is 0 Å². The SMILES string of the molecule is CCCCCCCCC/C=C/C[N+](C)(C)C. The number of likely N-dealkylation sites (N-methyl/N-ethyl adjacent to an activating group) is 1. The van der Waals surface area contributed by atoms with Crippen molar-refractivity contribution in [1.29, 1.82) is 0 Å². The second-order valence-electron chi connectivity index (χ2n) is 5.85. The van der Waals surface area contributed by atoms with Gasteiger partial charge in [-0.15, -0.1) is 0 Å². The number of allylic oxidation sites excluding steroid dienone is 1. The summed E-state index contributed by atoms with van der Waals surface area (Å²) in [5.74, 6) is 0. The minimum absolute atomic E-state index is 1.04. The van der Waals surface area contributed by atoms with E-state index in [1.54, 1.807) is 0 Å². The molecule has 0 radical (unpaired) electrons. The van der Waals surface area contributed by atoms with Gasteiger partial charge in [-0.25, -0.2) is 0 Å². The fourth-order valence-electron chi connectivity index (χ4n) is 1.73. The van der Waals surface area contributed by atoms with Gasteiger partial charge in [0.15, 0.2) is 0 Å². The minimum atomic E-state index is 1.04. The molecule has 0 aliphatic carbocycles. The van der Waals surface area contributed by atoms with Crippen LogP contribution < -0.4 is 0 Å². The van der Waals surface area contributed by atoms with E-state index in [1.165, 1.54) is 51.4 Å². The molecule has 0 heterocycles. The standard InChI is InChI=1S/C15H32N/c1-5-6-7-8-9-10-11-12-13-14-15-16(2,3)4/h13-14H,5-12,15H2,1-4H3/q+1/b14-13+. The molecule has 0 aromatic rings. The van der Waals surface area contributed by atoms with Gasteiger partial charge in [-0.05, 0) is 18.9 Å². The summed E-state index contributed by atoms with van der Waals surface area (Å²) in [5, 5.41) is 0. The highest BCUT2D eigenvalue weighted by Gasteiger charge is 2.00. The summed E-state index contributed by atoms with van der Waals surface area (Å²) >= 11 is 0. The number of hydrogen-bond donors (Lipinski definition) is 0. The van der Waals surface area contributed by atoms with Crippen LogP contribution in [0.5, 0.6) is 0 Å². The highest BCUT2D eigenvalue weighted by molar-refractivity contribution is 4.81. The van der Waals surface area contributed by atoms with Gasteiger partial charge >= 0.3 is 0 Å². The first-order chi connectivity index (χ1) is 7.56. The van der Waals surface area contributed by atoms with Gasteiger partial charge in [0, 0.05) is 0 Å². The Morgan fingerprint density at radius 2 is 1.31 bits per heavy atom. The maximum atomic E-state index is 2.36. The van der Waals surface area contributed by atoms with Crippen molar-refractivity contribution in [3.05, 3.63) is 12.2 Å². The van der Waals surface area contributed by atoms with Crippen LogP contribution in [-0.2, 0) is 0 Å². The predicted molar refractivity (Wildman–Crippen MR) is 74.6 cm³/mol. The smallest absolute Gasteiger partial charge is 0.0967 e. The van der Waals surface area contributed by atoms with E-state index < -0.39 is 0 Å². The molecule has 0 fully saturated rings. The number of hydrogen-bond acceptors (Lipinski definition) is 0. The van der Waals surface area contributed by atoms with Gasteiger partial charge in [0.05, 0.1) is 27.7 Å². The molecule has 0 aliphatic rings. The second kappa shape index (κ2) is 9.89. The average molecular weight is 226 g/mol. The Balaban J connectivity index is 3.15. The van der Waals surface area contributed by atoms with Crippen LogP contribution in [0.25, 0.3) is 0 Å². The first-order valence-electron chi connectivity index (χ1n) is 7.01. The van der Waals surface area contributed by atoms with Crippen LogP contribution in [0.15, 0.2) is 12.2 Å². The third kappa shape index (κ3) is 13.7. The van der Waals surface area contributed by atoms with Crippen LogP contribution in [0.1, 0.15) is 58.3 Å². The fourth-order valence-corrected chi connectivity index (χ4v) is 1.73. The van der Waals surface area contributed by atoms with Crippen LogP contribution >= 0.6 is 0 Å². The van der Waals surface area contributed by atoms with E-state index in [-0.39, 0.29) is 0 Å². The van der Waals surface area contributed by atoms with E-state index in [0.717, 1.165) is 11.0 Å². The topological polar surface area (TPSA) is 0 Å². The number of nitrogens with zero attached hydrogens (tertiary/aromatic N) is 1. The zero-order valence-electron chi connectivity index (χ0n) is 12.0. The fraction of sp³-hybridized carbons (Fsp3) is 0.867. The lowest BCUT2D eigenvalue weighted by atomic mass is 10.1. The molecule has 0 spiro atoms. The van der Waals surface area contributed by atoms with Gasteiger partial charge in [-0.1, -0.05) is 51.5 Å². The number of quaternary nitrogens is 1. The van der Waals surface area contributed by atoms with E-state index >= 15 is 0 Å². The summed E-state index contributed by atoms with van der Waals surface area (Å²) in [4.78, 5) is 0. The predicted octanol–water partition coefficient (Wildman–Crippen LogP) is 4.39. The first kappa shape index (κ1) is 15.7. The molecule has 96 valence electrons. The Bertz CT molecular complexity index is 165. The van der Waals surface area contributed by atoms with Crippen molar-refractivity contribution < 1.29 is 4.48 Å². The molecular formula is C15H32N+. The molecule has 1 nitrogen and oxygen atoms in total. The Labute approximate surface area is 103 Å². The van der Waals surface area contributed by atoms with Gasteiger partial charge in [-0.3, -0.25) is 0 Å². The summed E-state index contributed by atoms with van der Waals surface area (Å²) in [6, 6.07) is 0. The Hall–Kier alpha value is -0.300. The average Bonchev–Trinajstić information content (AvgIpc) is 2.19. The third-order valence-corrected chi connectivity index (χ3v) is 2.79. The maximum absolute atomic E-state index is 2.36. The molecule has 0 aromatic heterocycles. The van der Waals surface area contributed by atoms with Gasteiger partial charge in [-0.2, -0.15) is 0 Å². The first-order valence-corrected chi connectivity index (χ1v) is 7.01. The molecule has 0 bridgehead atoms. The molecule has 0 saturated heterocycles. The number of rotatable bonds is 10. The summed E-state index contributed by atoms with van der Waals surface area (Å²) < 4.78 is 1.04. The van der Waals surface area contributed by atoms with Crippen molar-refractivity contribution in [3.63, 3.8) is 0 Å². The van der Waals surface area contributed by atoms with E-state index in [1.807, 2.05) is 0 Å². The van der Waals surface area contributed by atoms with Crippen molar-refractivity contribution in [2.45, 2.75) is 58.3 Å². The molecule has 0 aliphatic heterocycles. The van der Waals surface area contributed by atoms with Gasteiger partial charge in [0.2, 0.25) is 0 Å². The molecule has 0 unspecified atom stereocenters. The largest absolute Gasteiger partial charge is 0.328 e. The zero-order valence-corrected chi connectivity index (χ0v) is 12.0. The van der Waals surface area contributed by atoms with Gasteiger partial charge in [0.25, 0.3) is 0 Å². The quantitative estimate of drug-likeness (QED) is 0.294. The van der Waals surface area contributed by atoms with E-state index in [2.05, 4.69) is 40.2 Å². The molecule has 16 heavy (non-hydrogen) atoms. The lowest BCUT2D eigenvalue weighted by molar-refractivity contribution is -0.864. The molecule has 0 atom stereocenters. The molecular weight excluding hydrogens is 194 g/mol. The Kier molecular flexibility index (Phi) is 9.71. The van der Waals surface area contributed by atoms with Crippen LogP contribution in [0, 0.1) is 0 Å². The highest BCUT2D eigenvalue weighted by atomic mass is 15.3. The molecule has 0 rings (SSSR count). The summed E-state index contributed by atoms with van der Waals surface area (Å²) in [6.07, 6.45) is 15.8. The monoisotopic (exact) mass is 226 g/mol. The number of unbranched alkanes of at least 4 members (excludes halogenated alkanes) is 7. The zero-order chi connectivity index (χ0) is 12.3. The van der Waals surface area contributed by atoms with Crippen molar-refractivity contribution >= 4 is 0 Å². The maximum Gasteiger partial charge on any atom is 0.0967 e. The second-order valence-corrected chi connectivity index (χ2v) is 5.85. The molecule has 0 N–H and O–H groups in total. The Morgan fingerprint density at radius 3 is 1.88 bits per heavy atom. The van der Waals surface area contributed by atoms with Crippen LogP contribution in [-0.4, -0.2) is 32.2 Å². The van der Waals surface area contributed by atoms with E-state index in [0.29, 0.717) is 0 Å². The molecule has 1 heteroatoms. The highest BCUT2D eigenvalue weighted by Crippen LogP contribution is 2.08. The molecule has 0 amide bonds. The Morgan fingerprint density at radius 1 is 0.750 bits per heavy atom. The van der Waals surface area contributed by atoms with Gasteiger partial charge < -0.3 is 4.48 Å². The third-order valence-electron chi connectivity index (χ3n) is 2.79. The van der Waals surface area contributed by atoms with Crippen molar-refractivity contribution in [1.82, 2.24) is 0 Å². The van der Waals surface area contributed by atoms with Crippen molar-refractivity contribution in [2.75, 3.05) is 27.7 Å². The minimum Gasteiger partial charge on any atom is -0.328 e. The van der Waals surface area contributed by atoms with Crippen molar-refractivity contribution in [2.24, 2.45) is 0 Å². The molecule has 0 aromatic carbocycles. The molecule has 0 saturated carbocycles. The summed E-state index contributed by atoms with van der Waals surface area (Å²) in [5.41, 5.74) is 0. The summed E-state index contributed by atoms with van der Waals surface area (Å²) in [7, 11) is 6.70. The lowest BCUT2D eigenvalue weighted by Crippen LogP contribution is -2.34. The van der Waals surface area contributed by atoms with Crippen LogP contribution in [0.3, 0.4) is 0 Å². The lowest BCUT2D eigenvalue weighted by Gasteiger charge is -2.21. The summed E-state index contributed by atoms with van der Waals surface area (Å²) in [6.45, 7) is 3.43. The van der Waals surface area contributed by atoms with Crippen molar-refractivity contribution in [3.8, 4) is 0 Å². The van der Waals surface area contributed by atoms with E-state index in [9.17, 15) is 0 Å².